The quantitative estimate of drug-likeness (QED) is 0.0375. The number of carbonyl (C=O) groups excluding carboxylic acids is 3. The van der Waals surface area contributed by atoms with Crippen LogP contribution >= 0.6 is 0 Å². The first kappa shape index (κ1) is 74.1. The van der Waals surface area contributed by atoms with Gasteiger partial charge in [-0.25, -0.2) is 4.79 Å². The molecule has 0 radical (unpaired) electrons. The molecule has 1 aliphatic carbocycles. The Balaban J connectivity index is 1.23. The van der Waals surface area contributed by atoms with Crippen molar-refractivity contribution in [2.45, 2.75) is 318 Å². The summed E-state index contributed by atoms with van der Waals surface area (Å²) in [6.45, 7) is 14.9. The van der Waals surface area contributed by atoms with E-state index in [4.69, 9.17) is 61.6 Å². The van der Waals surface area contributed by atoms with Crippen LogP contribution in [0.5, 0.6) is 0 Å². The first-order valence-corrected chi connectivity index (χ1v) is 33.3. The highest BCUT2D eigenvalue weighted by Gasteiger charge is 2.59. The van der Waals surface area contributed by atoms with Gasteiger partial charge in [-0.1, -0.05) is 136 Å². The van der Waals surface area contributed by atoms with Crippen molar-refractivity contribution < 1.29 is 117 Å². The Morgan fingerprint density at radius 2 is 1.16 bits per heavy atom. The monoisotopic (exact) mass is 1280 g/mol. The number of rotatable bonds is 20. The predicted molar refractivity (Wildman–Crippen MR) is 322 cm³/mol. The highest BCUT2D eigenvalue weighted by atomic mass is 16.8. The van der Waals surface area contributed by atoms with E-state index in [0.29, 0.717) is 24.8 Å². The fraction of sp³-hybridized carbons (Fsp3) is 0.833. The lowest BCUT2D eigenvalue weighted by atomic mass is 9.81. The van der Waals surface area contributed by atoms with Crippen molar-refractivity contribution >= 4 is 24.0 Å². The lowest BCUT2D eigenvalue weighted by Gasteiger charge is -2.51. The number of hydrogen-bond donors (Lipinski definition) is 8. The molecule has 90 heavy (non-hydrogen) atoms. The first-order chi connectivity index (χ1) is 43.1. The summed E-state index contributed by atoms with van der Waals surface area (Å²) in [6, 6.07) is 8.90. The molecule has 0 bridgehead atoms. The van der Waals surface area contributed by atoms with E-state index >= 15 is 0 Å². The standard InChI is InChI=1S/C66H106O24/c1-10-13-21-28-42-29-24-18-16-14-15-17-19-25-32-78-56-43(83-58-49(72)46(69)38(7)79-65(58)82-42)33-37(6)53(51(56)74)88-66-60(87-62(77)36(5)12-3)59(90-63-50(73)48(71)47(70)44(34-67)84-63)55(40(9)81-66)89-64-52(75)57(54(39(8)80-64)86-61(76)35(4)11-2)85-45(68)31-30-41-26-22-20-23-27-41/h20,22-23,26-27,30-31,35-40,42-44,46-60,63-67,69-75H,10-19,21,24-25,28-29,32-34H2,1-9H3/b31-30+/t35-,36-,37-,38+,39-,40-,42?,43-,44+,46-,47+,48-,49-,50+,51+,52+,53+,54-,55-,56-,57-,58+,59+,60+,63-,64-,65-,66-/m0/s1. The van der Waals surface area contributed by atoms with Crippen molar-refractivity contribution in [1.29, 1.82) is 0 Å². The van der Waals surface area contributed by atoms with Gasteiger partial charge in [-0.05, 0) is 76.9 Å². The summed E-state index contributed by atoms with van der Waals surface area (Å²) in [4.78, 5) is 41.4. The molecule has 1 unspecified atom stereocenters. The number of aliphatic hydroxyl groups is 8. The fourth-order valence-electron chi connectivity index (χ4n) is 12.6. The normalized spacial score (nSPS) is 41.0. The summed E-state index contributed by atoms with van der Waals surface area (Å²) in [7, 11) is 0. The third-order valence-electron chi connectivity index (χ3n) is 18.7. The minimum absolute atomic E-state index is 0.139. The number of benzene rings is 1. The molecular formula is C66H106O24. The summed E-state index contributed by atoms with van der Waals surface area (Å²) < 4.78 is 83.8. The van der Waals surface area contributed by atoms with E-state index in [1.165, 1.54) is 19.9 Å². The van der Waals surface area contributed by atoms with E-state index < -0.39 is 190 Å². The van der Waals surface area contributed by atoms with Crippen LogP contribution in [0.3, 0.4) is 0 Å². The summed E-state index contributed by atoms with van der Waals surface area (Å²) in [5.74, 6) is -4.29. The molecule has 0 aromatic heterocycles. The molecule has 1 saturated carbocycles. The van der Waals surface area contributed by atoms with Gasteiger partial charge in [0.05, 0.1) is 55.1 Å². The van der Waals surface area contributed by atoms with E-state index in [1.807, 2.05) is 6.07 Å². The van der Waals surface area contributed by atoms with Crippen LogP contribution in [-0.2, 0) is 76.0 Å². The Morgan fingerprint density at radius 1 is 0.556 bits per heavy atom. The number of carbonyl (C=O) groups is 3. The third-order valence-corrected chi connectivity index (χ3v) is 18.7. The Morgan fingerprint density at radius 3 is 1.81 bits per heavy atom. The Kier molecular flexibility index (Phi) is 29.6. The third kappa shape index (κ3) is 19.4. The van der Waals surface area contributed by atoms with Crippen LogP contribution in [0.15, 0.2) is 36.4 Å². The molecule has 24 heteroatoms. The molecular weight excluding hydrogens is 1180 g/mol. The smallest absolute Gasteiger partial charge is 0.331 e. The zero-order valence-electron chi connectivity index (χ0n) is 54.0. The second-order valence-electron chi connectivity index (χ2n) is 25.7. The van der Waals surface area contributed by atoms with Crippen molar-refractivity contribution in [3.63, 3.8) is 0 Å². The van der Waals surface area contributed by atoms with Crippen molar-refractivity contribution in [2.24, 2.45) is 17.8 Å². The summed E-state index contributed by atoms with van der Waals surface area (Å²) >= 11 is 0. The minimum Gasteiger partial charge on any atom is -0.455 e. The van der Waals surface area contributed by atoms with Crippen LogP contribution in [0.4, 0.5) is 0 Å². The van der Waals surface area contributed by atoms with E-state index in [-0.39, 0.29) is 19.1 Å². The predicted octanol–water partition coefficient (Wildman–Crippen LogP) is 4.83. The highest BCUT2D eigenvalue weighted by Crippen LogP contribution is 2.41. The fourth-order valence-corrected chi connectivity index (χ4v) is 12.6. The van der Waals surface area contributed by atoms with E-state index in [9.17, 15) is 55.2 Å². The van der Waals surface area contributed by atoms with Crippen LogP contribution < -0.4 is 0 Å². The average molecular weight is 1280 g/mol. The lowest BCUT2D eigenvalue weighted by Crippen LogP contribution is -2.68. The van der Waals surface area contributed by atoms with Crippen LogP contribution in [0, 0.1) is 17.8 Å². The molecule has 1 aromatic rings. The number of unbranched alkanes of at least 4 members (excludes halogenated alkanes) is 2. The second-order valence-corrected chi connectivity index (χ2v) is 25.7. The minimum atomic E-state index is -2.00. The lowest BCUT2D eigenvalue weighted by molar-refractivity contribution is -0.390. The topological polar surface area (TPSA) is 333 Å². The van der Waals surface area contributed by atoms with Crippen molar-refractivity contribution in [3.8, 4) is 0 Å². The van der Waals surface area contributed by atoms with Gasteiger partial charge in [0.2, 0.25) is 0 Å². The molecule has 8 N–H and O–H groups in total. The molecule has 5 saturated heterocycles. The van der Waals surface area contributed by atoms with Gasteiger partial charge in [0.25, 0.3) is 0 Å². The summed E-state index contributed by atoms with van der Waals surface area (Å²) in [5.41, 5.74) is 0.669. The number of aliphatic hydroxyl groups excluding tert-OH is 8. The van der Waals surface area contributed by atoms with Crippen LogP contribution in [0.25, 0.3) is 6.08 Å². The Bertz CT molecular complexity index is 2310. The maximum Gasteiger partial charge on any atom is 0.331 e. The number of ether oxygens (including phenoxy) is 13. The van der Waals surface area contributed by atoms with Crippen LogP contribution in [0.2, 0.25) is 0 Å². The van der Waals surface area contributed by atoms with E-state index in [1.54, 1.807) is 65.8 Å². The molecule has 28 atom stereocenters. The Labute approximate surface area is 530 Å². The van der Waals surface area contributed by atoms with E-state index in [0.717, 1.165) is 83.1 Å². The summed E-state index contributed by atoms with van der Waals surface area (Å²) in [5, 5.41) is 92.1. The van der Waals surface area contributed by atoms with Gasteiger partial charge in [-0.15, -0.1) is 0 Å². The molecule has 0 spiro atoms. The molecule has 5 aliphatic heterocycles. The molecule has 0 amide bonds. The van der Waals surface area contributed by atoms with Gasteiger partial charge >= 0.3 is 17.9 Å². The maximum atomic E-state index is 14.3. The molecule has 1 aromatic carbocycles. The summed E-state index contributed by atoms with van der Waals surface area (Å²) in [6.07, 6.45) is -19.9. The Hall–Kier alpha value is -3.35. The molecule has 24 nitrogen and oxygen atoms in total. The van der Waals surface area contributed by atoms with E-state index in [2.05, 4.69) is 6.92 Å². The van der Waals surface area contributed by atoms with Gasteiger partial charge in [0, 0.05) is 12.7 Å². The second kappa shape index (κ2) is 36.0. The highest BCUT2D eigenvalue weighted by molar-refractivity contribution is 5.87. The van der Waals surface area contributed by atoms with Gasteiger partial charge in [0.1, 0.15) is 73.2 Å². The molecule has 5 heterocycles. The maximum absolute atomic E-state index is 14.3. The molecule has 514 valence electrons. The first-order valence-electron chi connectivity index (χ1n) is 33.3. The van der Waals surface area contributed by atoms with Crippen molar-refractivity contribution in [2.75, 3.05) is 13.2 Å². The van der Waals surface area contributed by atoms with Crippen molar-refractivity contribution in [3.05, 3.63) is 42.0 Å². The van der Waals surface area contributed by atoms with Crippen LogP contribution in [-0.4, -0.2) is 225 Å². The number of esters is 3. The number of fused-ring (bicyclic) bond motifs is 2. The molecule has 7 rings (SSSR count). The SMILES string of the molecule is CCCCCC1CCCCCCCCCCO[C@@H]2[C@H](O)[C@H](O[C@@H]3O[C@@H](C)[C@H](O[C@@H]4O[C@@H](C)[C@H](OC(=O)[C@@H](C)CC)[C@@H](OC(=O)/C=C/c5ccccc5)[C@H]4O)[C@@H](O[C@@H]4O[C@H](CO)[C@@H](O)[C@H](O)[C@H]4O)[C@H]3OC(=O)[C@@H](C)CC)[C@@H](C)C[C@@H]2O[C@H]2[C@H](O1)O[C@H](C)[C@H](O)[C@@H]2O. The zero-order valence-corrected chi connectivity index (χ0v) is 54.0. The van der Waals surface area contributed by atoms with Gasteiger partial charge in [0.15, 0.2) is 43.5 Å². The van der Waals surface area contributed by atoms with Crippen LogP contribution in [0.1, 0.15) is 171 Å². The largest absolute Gasteiger partial charge is 0.455 e. The van der Waals surface area contributed by atoms with Gasteiger partial charge in [-0.2, -0.15) is 0 Å². The van der Waals surface area contributed by atoms with Gasteiger partial charge < -0.3 is 102 Å². The molecule has 6 aliphatic rings. The molecule has 6 fully saturated rings. The zero-order chi connectivity index (χ0) is 65.3. The van der Waals surface area contributed by atoms with Gasteiger partial charge in [-0.3, -0.25) is 9.59 Å². The van der Waals surface area contributed by atoms with Crippen molar-refractivity contribution in [1.82, 2.24) is 0 Å². The number of hydrogen-bond acceptors (Lipinski definition) is 24. The average Bonchev–Trinajstić information content (AvgIpc) is 0.867.